The summed E-state index contributed by atoms with van der Waals surface area (Å²) in [7, 11) is 4.33. The van der Waals surface area contributed by atoms with E-state index in [4.69, 9.17) is 30.5 Å². The second kappa shape index (κ2) is 9.32. The van der Waals surface area contributed by atoms with Crippen molar-refractivity contribution in [3.8, 4) is 17.2 Å². The van der Waals surface area contributed by atoms with E-state index >= 15 is 0 Å². The molecule has 1 unspecified atom stereocenters. The third-order valence-electron chi connectivity index (χ3n) is 4.04. The standard InChI is InChI=1S/C20H22ClNO6/c1-11-6-7-13(21)8-15(11)22-19(23)12(2)28-20(24)14-9-17(26-4)18(27-5)10-16(14)25-3/h6-10,12H,1-5H3,(H,22,23). The highest BCUT2D eigenvalue weighted by Crippen LogP contribution is 2.35. The number of benzene rings is 2. The Morgan fingerprint density at radius 1 is 0.964 bits per heavy atom. The van der Waals surface area contributed by atoms with Gasteiger partial charge in [0.05, 0.1) is 21.3 Å². The zero-order chi connectivity index (χ0) is 20.8. The van der Waals surface area contributed by atoms with Crippen molar-refractivity contribution in [2.75, 3.05) is 26.6 Å². The van der Waals surface area contributed by atoms with E-state index in [0.717, 1.165) is 5.56 Å². The summed E-state index contributed by atoms with van der Waals surface area (Å²) in [5.41, 5.74) is 1.49. The third kappa shape index (κ3) is 4.86. The lowest BCUT2D eigenvalue weighted by molar-refractivity contribution is -0.123. The van der Waals surface area contributed by atoms with Gasteiger partial charge in [-0.2, -0.15) is 0 Å². The number of aryl methyl sites for hydroxylation is 1. The number of carbonyl (C=O) groups excluding carboxylic acids is 2. The number of hydrogen-bond donors (Lipinski definition) is 1. The molecule has 1 N–H and O–H groups in total. The van der Waals surface area contributed by atoms with Crippen molar-refractivity contribution in [1.29, 1.82) is 0 Å². The van der Waals surface area contributed by atoms with E-state index in [2.05, 4.69) is 5.32 Å². The van der Waals surface area contributed by atoms with Crippen molar-refractivity contribution in [2.45, 2.75) is 20.0 Å². The van der Waals surface area contributed by atoms with Crippen LogP contribution in [-0.4, -0.2) is 39.3 Å². The Labute approximate surface area is 168 Å². The molecule has 2 aromatic rings. The largest absolute Gasteiger partial charge is 0.496 e. The molecule has 0 bridgehead atoms. The monoisotopic (exact) mass is 407 g/mol. The molecule has 0 saturated heterocycles. The molecule has 150 valence electrons. The van der Waals surface area contributed by atoms with Gasteiger partial charge in [0.2, 0.25) is 0 Å². The molecule has 1 amide bonds. The number of rotatable bonds is 7. The molecule has 2 rings (SSSR count). The van der Waals surface area contributed by atoms with E-state index in [1.165, 1.54) is 40.4 Å². The highest BCUT2D eigenvalue weighted by Gasteiger charge is 2.24. The van der Waals surface area contributed by atoms with Gasteiger partial charge >= 0.3 is 5.97 Å². The number of amides is 1. The van der Waals surface area contributed by atoms with Crippen LogP contribution in [0.3, 0.4) is 0 Å². The zero-order valence-corrected chi connectivity index (χ0v) is 17.0. The summed E-state index contributed by atoms with van der Waals surface area (Å²) in [5.74, 6) is -0.248. The number of esters is 1. The fraction of sp³-hybridized carbons (Fsp3) is 0.300. The van der Waals surface area contributed by atoms with E-state index in [9.17, 15) is 9.59 Å². The van der Waals surface area contributed by atoms with Crippen LogP contribution in [-0.2, 0) is 9.53 Å². The lowest BCUT2D eigenvalue weighted by Crippen LogP contribution is -2.30. The quantitative estimate of drug-likeness (QED) is 0.702. The minimum atomic E-state index is -1.05. The van der Waals surface area contributed by atoms with Crippen LogP contribution in [0.2, 0.25) is 5.02 Å². The van der Waals surface area contributed by atoms with E-state index in [-0.39, 0.29) is 11.3 Å². The molecule has 0 aliphatic carbocycles. The van der Waals surface area contributed by atoms with E-state index in [1.54, 1.807) is 18.2 Å². The predicted molar refractivity (Wildman–Crippen MR) is 106 cm³/mol. The van der Waals surface area contributed by atoms with Crippen LogP contribution in [0.1, 0.15) is 22.8 Å². The van der Waals surface area contributed by atoms with Gasteiger partial charge in [0, 0.05) is 22.8 Å². The highest BCUT2D eigenvalue weighted by atomic mass is 35.5. The molecule has 0 saturated carbocycles. The maximum atomic E-state index is 12.6. The Morgan fingerprint density at radius 2 is 1.57 bits per heavy atom. The third-order valence-corrected chi connectivity index (χ3v) is 4.27. The maximum Gasteiger partial charge on any atom is 0.342 e. The summed E-state index contributed by atoms with van der Waals surface area (Å²) in [4.78, 5) is 25.0. The van der Waals surface area contributed by atoms with Crippen LogP contribution < -0.4 is 19.5 Å². The molecule has 0 aliphatic heterocycles. The van der Waals surface area contributed by atoms with E-state index in [1.807, 2.05) is 6.92 Å². The first kappa shape index (κ1) is 21.4. The van der Waals surface area contributed by atoms with Gasteiger partial charge in [0.25, 0.3) is 5.91 Å². The van der Waals surface area contributed by atoms with Crippen molar-refractivity contribution in [3.63, 3.8) is 0 Å². The first-order valence-electron chi connectivity index (χ1n) is 8.38. The Kier molecular flexibility index (Phi) is 7.12. The van der Waals surface area contributed by atoms with Crippen LogP contribution in [0.4, 0.5) is 5.69 Å². The molecule has 2 aromatic carbocycles. The summed E-state index contributed by atoms with van der Waals surface area (Å²) in [5, 5.41) is 3.19. The predicted octanol–water partition coefficient (Wildman–Crippen LogP) is 3.86. The number of carbonyl (C=O) groups is 2. The number of halogens is 1. The van der Waals surface area contributed by atoms with Gasteiger partial charge in [-0.15, -0.1) is 0 Å². The SMILES string of the molecule is COc1cc(OC)c(C(=O)OC(C)C(=O)Nc2cc(Cl)ccc2C)cc1OC. The molecule has 0 heterocycles. The number of ether oxygens (including phenoxy) is 4. The Morgan fingerprint density at radius 3 is 2.18 bits per heavy atom. The smallest absolute Gasteiger partial charge is 0.342 e. The molecule has 0 spiro atoms. The number of anilines is 1. The Hall–Kier alpha value is -2.93. The van der Waals surface area contributed by atoms with Crippen LogP contribution >= 0.6 is 11.6 Å². The van der Waals surface area contributed by atoms with Crippen LogP contribution in [0, 0.1) is 6.92 Å². The molecule has 1 atom stereocenters. The maximum absolute atomic E-state index is 12.6. The van der Waals surface area contributed by atoms with Crippen molar-refractivity contribution in [2.24, 2.45) is 0 Å². The number of nitrogens with one attached hydrogen (secondary N) is 1. The fourth-order valence-corrected chi connectivity index (χ4v) is 2.60. The van der Waals surface area contributed by atoms with Gasteiger partial charge in [0.1, 0.15) is 11.3 Å². The minimum Gasteiger partial charge on any atom is -0.496 e. The van der Waals surface area contributed by atoms with Crippen LogP contribution in [0.25, 0.3) is 0 Å². The second-order valence-electron chi connectivity index (χ2n) is 5.90. The molecule has 0 fully saturated rings. The van der Waals surface area contributed by atoms with Crippen LogP contribution in [0.5, 0.6) is 17.2 Å². The first-order valence-corrected chi connectivity index (χ1v) is 8.76. The highest BCUT2D eigenvalue weighted by molar-refractivity contribution is 6.31. The Balaban J connectivity index is 2.17. The summed E-state index contributed by atoms with van der Waals surface area (Å²) < 4.78 is 20.9. The van der Waals surface area contributed by atoms with Gasteiger partial charge in [-0.25, -0.2) is 4.79 Å². The second-order valence-corrected chi connectivity index (χ2v) is 6.34. The summed E-state index contributed by atoms with van der Waals surface area (Å²) >= 11 is 5.96. The van der Waals surface area contributed by atoms with E-state index < -0.39 is 18.0 Å². The molecule has 28 heavy (non-hydrogen) atoms. The fourth-order valence-electron chi connectivity index (χ4n) is 2.43. The number of hydrogen-bond acceptors (Lipinski definition) is 6. The lowest BCUT2D eigenvalue weighted by Gasteiger charge is -2.17. The van der Waals surface area contributed by atoms with Crippen LogP contribution in [0.15, 0.2) is 30.3 Å². The van der Waals surface area contributed by atoms with Gasteiger partial charge in [-0.1, -0.05) is 17.7 Å². The molecule has 8 heteroatoms. The Bertz CT molecular complexity index is 883. The van der Waals surface area contributed by atoms with Crippen molar-refractivity contribution in [1.82, 2.24) is 0 Å². The molecular formula is C20H22ClNO6. The van der Waals surface area contributed by atoms with Gasteiger partial charge in [-0.3, -0.25) is 4.79 Å². The van der Waals surface area contributed by atoms with Gasteiger partial charge < -0.3 is 24.3 Å². The average Bonchev–Trinajstić information content (AvgIpc) is 2.69. The molecule has 0 aromatic heterocycles. The number of methoxy groups -OCH3 is 3. The lowest BCUT2D eigenvalue weighted by atomic mass is 10.1. The summed E-state index contributed by atoms with van der Waals surface area (Å²) in [6, 6.07) is 8.07. The molecule has 0 radical (unpaired) electrons. The molecule has 0 aliphatic rings. The summed E-state index contributed by atoms with van der Waals surface area (Å²) in [6.45, 7) is 3.30. The normalized spacial score (nSPS) is 11.4. The minimum absolute atomic E-state index is 0.110. The molecular weight excluding hydrogens is 386 g/mol. The topological polar surface area (TPSA) is 83.1 Å². The van der Waals surface area contributed by atoms with Gasteiger partial charge in [-0.05, 0) is 31.5 Å². The van der Waals surface area contributed by atoms with Gasteiger partial charge in [0.15, 0.2) is 17.6 Å². The zero-order valence-electron chi connectivity index (χ0n) is 16.3. The average molecular weight is 408 g/mol. The van der Waals surface area contributed by atoms with Crippen molar-refractivity contribution < 1.29 is 28.5 Å². The van der Waals surface area contributed by atoms with E-state index in [0.29, 0.717) is 22.2 Å². The first-order chi connectivity index (χ1) is 13.3. The summed E-state index contributed by atoms with van der Waals surface area (Å²) in [6.07, 6.45) is -1.05. The van der Waals surface area contributed by atoms with Crippen molar-refractivity contribution in [3.05, 3.63) is 46.5 Å². The molecule has 7 nitrogen and oxygen atoms in total. The van der Waals surface area contributed by atoms with Crippen molar-refractivity contribution >= 4 is 29.2 Å².